The van der Waals surface area contributed by atoms with E-state index in [9.17, 15) is 0 Å². The summed E-state index contributed by atoms with van der Waals surface area (Å²) in [6.07, 6.45) is 0. The van der Waals surface area contributed by atoms with E-state index in [1.807, 2.05) is 12.1 Å². The van der Waals surface area contributed by atoms with Crippen molar-refractivity contribution in [2.24, 2.45) is 0 Å². The Kier molecular flexibility index (Phi) is 3.38. The monoisotopic (exact) mass is 255 g/mol. The molecule has 3 rings (SSSR count). The summed E-state index contributed by atoms with van der Waals surface area (Å²) in [6, 6.07) is 16.7. The largest absolute Gasteiger partial charge is 0.454 e. The van der Waals surface area contributed by atoms with Crippen LogP contribution in [-0.2, 0) is 0 Å². The predicted molar refractivity (Wildman–Crippen MR) is 74.5 cm³/mol. The Hall–Kier alpha value is -2.00. The molecule has 0 spiro atoms. The fraction of sp³-hybridized carbons (Fsp3) is 0.250. The molecule has 3 heteroatoms. The van der Waals surface area contributed by atoms with E-state index in [2.05, 4.69) is 48.6 Å². The van der Waals surface area contributed by atoms with Crippen molar-refractivity contribution < 1.29 is 9.47 Å². The van der Waals surface area contributed by atoms with Crippen LogP contribution in [-0.4, -0.2) is 13.3 Å². The minimum absolute atomic E-state index is 0.181. The zero-order chi connectivity index (χ0) is 13.1. The Bertz CT molecular complexity index is 554. The van der Waals surface area contributed by atoms with Crippen molar-refractivity contribution >= 4 is 0 Å². The second-order valence-corrected chi connectivity index (χ2v) is 4.51. The number of benzene rings is 2. The van der Waals surface area contributed by atoms with Gasteiger partial charge in [0.1, 0.15) is 0 Å². The number of nitrogens with one attached hydrogen (secondary N) is 1. The summed E-state index contributed by atoms with van der Waals surface area (Å²) in [7, 11) is 0. The van der Waals surface area contributed by atoms with Gasteiger partial charge in [-0.1, -0.05) is 43.3 Å². The molecule has 1 aliphatic rings. The van der Waals surface area contributed by atoms with Crippen LogP contribution in [0.4, 0.5) is 0 Å². The first kappa shape index (κ1) is 12.1. The predicted octanol–water partition coefficient (Wildman–Crippen LogP) is 3.11. The second-order valence-electron chi connectivity index (χ2n) is 4.51. The van der Waals surface area contributed by atoms with Crippen molar-refractivity contribution in [3.8, 4) is 11.5 Å². The van der Waals surface area contributed by atoms with Gasteiger partial charge in [0.25, 0.3) is 0 Å². The molecule has 1 heterocycles. The summed E-state index contributed by atoms with van der Waals surface area (Å²) in [5.41, 5.74) is 2.44. The van der Waals surface area contributed by atoms with Gasteiger partial charge in [0.2, 0.25) is 6.79 Å². The molecule has 0 radical (unpaired) electrons. The highest BCUT2D eigenvalue weighted by atomic mass is 16.7. The summed E-state index contributed by atoms with van der Waals surface area (Å²) in [5.74, 6) is 1.66. The van der Waals surface area contributed by atoms with Crippen molar-refractivity contribution in [1.82, 2.24) is 5.32 Å². The molecule has 98 valence electrons. The molecule has 1 atom stereocenters. The molecule has 19 heavy (non-hydrogen) atoms. The second kappa shape index (κ2) is 5.33. The molecule has 2 aromatic rings. The third-order valence-electron chi connectivity index (χ3n) is 3.27. The van der Waals surface area contributed by atoms with Crippen LogP contribution >= 0.6 is 0 Å². The summed E-state index contributed by atoms with van der Waals surface area (Å²) < 4.78 is 10.8. The lowest BCUT2D eigenvalue weighted by Crippen LogP contribution is -2.21. The van der Waals surface area contributed by atoms with Crippen molar-refractivity contribution in [1.29, 1.82) is 0 Å². The van der Waals surface area contributed by atoms with Gasteiger partial charge in [0.05, 0.1) is 6.04 Å². The average Bonchev–Trinajstić information content (AvgIpc) is 2.93. The number of hydrogen-bond acceptors (Lipinski definition) is 3. The van der Waals surface area contributed by atoms with Crippen LogP contribution in [0.1, 0.15) is 24.1 Å². The van der Waals surface area contributed by atoms with E-state index in [1.165, 1.54) is 11.1 Å². The zero-order valence-corrected chi connectivity index (χ0v) is 10.9. The molecule has 0 bridgehead atoms. The van der Waals surface area contributed by atoms with Crippen LogP contribution in [0.25, 0.3) is 0 Å². The van der Waals surface area contributed by atoms with Crippen LogP contribution < -0.4 is 14.8 Å². The fourth-order valence-electron chi connectivity index (χ4n) is 2.37. The maximum absolute atomic E-state index is 5.45. The number of fused-ring (bicyclic) bond motifs is 1. The Labute approximate surface area is 113 Å². The molecule has 0 aliphatic carbocycles. The first-order chi connectivity index (χ1) is 9.38. The highest BCUT2D eigenvalue weighted by Gasteiger charge is 2.18. The van der Waals surface area contributed by atoms with Crippen LogP contribution in [0.15, 0.2) is 48.5 Å². The molecule has 1 unspecified atom stereocenters. The molecule has 3 nitrogen and oxygen atoms in total. The maximum atomic E-state index is 5.45. The molecule has 0 saturated carbocycles. The van der Waals surface area contributed by atoms with E-state index in [-0.39, 0.29) is 6.04 Å². The molecule has 1 aliphatic heterocycles. The van der Waals surface area contributed by atoms with Gasteiger partial charge in [-0.05, 0) is 29.8 Å². The van der Waals surface area contributed by atoms with Crippen molar-refractivity contribution in [2.75, 3.05) is 13.3 Å². The lowest BCUT2D eigenvalue weighted by molar-refractivity contribution is 0.174. The van der Waals surface area contributed by atoms with Crippen LogP contribution in [0.3, 0.4) is 0 Å². The smallest absolute Gasteiger partial charge is 0.231 e. The summed E-state index contributed by atoms with van der Waals surface area (Å²) >= 11 is 0. The van der Waals surface area contributed by atoms with Gasteiger partial charge in [-0.3, -0.25) is 0 Å². The molecular weight excluding hydrogens is 238 g/mol. The van der Waals surface area contributed by atoms with Crippen LogP contribution in [0.2, 0.25) is 0 Å². The van der Waals surface area contributed by atoms with E-state index in [0.717, 1.165) is 18.0 Å². The van der Waals surface area contributed by atoms with E-state index >= 15 is 0 Å². The van der Waals surface area contributed by atoms with Gasteiger partial charge >= 0.3 is 0 Å². The van der Waals surface area contributed by atoms with Gasteiger partial charge in [0, 0.05) is 0 Å². The number of ether oxygens (including phenoxy) is 2. The normalized spacial score (nSPS) is 14.4. The van der Waals surface area contributed by atoms with Crippen LogP contribution in [0, 0.1) is 0 Å². The Balaban J connectivity index is 1.96. The highest BCUT2D eigenvalue weighted by molar-refractivity contribution is 5.47. The fourth-order valence-corrected chi connectivity index (χ4v) is 2.37. The lowest BCUT2D eigenvalue weighted by atomic mass is 9.98. The third kappa shape index (κ3) is 2.42. The molecule has 0 saturated heterocycles. The van der Waals surface area contributed by atoms with Gasteiger partial charge < -0.3 is 14.8 Å². The minimum Gasteiger partial charge on any atom is -0.454 e. The molecule has 1 N–H and O–H groups in total. The zero-order valence-electron chi connectivity index (χ0n) is 10.9. The number of rotatable bonds is 4. The van der Waals surface area contributed by atoms with Crippen LogP contribution in [0.5, 0.6) is 11.5 Å². The van der Waals surface area contributed by atoms with E-state index in [1.54, 1.807) is 0 Å². The maximum Gasteiger partial charge on any atom is 0.231 e. The van der Waals surface area contributed by atoms with Crippen molar-refractivity contribution in [3.05, 3.63) is 59.7 Å². The lowest BCUT2D eigenvalue weighted by Gasteiger charge is -2.19. The molecule has 2 aromatic carbocycles. The standard InChI is InChI=1S/C16H17NO2/c1-2-17-16(12-6-4-3-5-7-12)13-8-9-14-15(10-13)19-11-18-14/h3-10,16-17H,2,11H2,1H3. The molecule has 0 fully saturated rings. The molecule has 0 amide bonds. The minimum atomic E-state index is 0.181. The van der Waals surface area contributed by atoms with E-state index in [4.69, 9.17) is 9.47 Å². The Morgan fingerprint density at radius 3 is 2.58 bits per heavy atom. The molecular formula is C16H17NO2. The third-order valence-corrected chi connectivity index (χ3v) is 3.27. The molecule has 0 aromatic heterocycles. The van der Waals surface area contributed by atoms with Gasteiger partial charge in [0.15, 0.2) is 11.5 Å². The van der Waals surface area contributed by atoms with Gasteiger partial charge in [-0.2, -0.15) is 0 Å². The van der Waals surface area contributed by atoms with E-state index in [0.29, 0.717) is 6.79 Å². The van der Waals surface area contributed by atoms with Gasteiger partial charge in [-0.15, -0.1) is 0 Å². The van der Waals surface area contributed by atoms with Crippen molar-refractivity contribution in [2.45, 2.75) is 13.0 Å². The number of hydrogen-bond donors (Lipinski definition) is 1. The highest BCUT2D eigenvalue weighted by Crippen LogP contribution is 2.35. The summed E-state index contributed by atoms with van der Waals surface area (Å²) in [4.78, 5) is 0. The quantitative estimate of drug-likeness (QED) is 0.910. The summed E-state index contributed by atoms with van der Waals surface area (Å²) in [6.45, 7) is 3.34. The Morgan fingerprint density at radius 2 is 1.79 bits per heavy atom. The SMILES string of the molecule is CCNC(c1ccccc1)c1ccc2c(c1)OCO2. The van der Waals surface area contributed by atoms with E-state index < -0.39 is 0 Å². The first-order valence-electron chi connectivity index (χ1n) is 6.56. The Morgan fingerprint density at radius 1 is 1.00 bits per heavy atom. The first-order valence-corrected chi connectivity index (χ1v) is 6.56. The van der Waals surface area contributed by atoms with Gasteiger partial charge in [-0.25, -0.2) is 0 Å². The topological polar surface area (TPSA) is 30.5 Å². The van der Waals surface area contributed by atoms with Crippen molar-refractivity contribution in [3.63, 3.8) is 0 Å². The summed E-state index contributed by atoms with van der Waals surface area (Å²) in [5, 5.41) is 3.51. The average molecular weight is 255 g/mol.